The SMILES string of the molecule is CCC(C)n1ncn(-c2ccc(N3CCN(c4ccc(OCC5COC(Cn6nccn6)(c6nc7ccccc7s6)O5)cc4)CC3)cc2)c1=O. The van der Waals surface area contributed by atoms with Gasteiger partial charge in [0.1, 0.15) is 31.3 Å². The molecule has 3 atom stereocenters. The number of aromatic nitrogens is 7. The number of hydrogen-bond acceptors (Lipinski definition) is 11. The summed E-state index contributed by atoms with van der Waals surface area (Å²) in [5.41, 5.74) is 3.92. The number of anilines is 2. The number of thiazole rings is 1. The average molecular weight is 694 g/mol. The van der Waals surface area contributed by atoms with Crippen molar-refractivity contribution >= 4 is 32.9 Å². The predicted molar refractivity (Wildman–Crippen MR) is 191 cm³/mol. The fraction of sp³-hybridized carbons (Fsp3) is 0.361. The van der Waals surface area contributed by atoms with Crippen LogP contribution in [0.1, 0.15) is 31.3 Å². The lowest BCUT2D eigenvalue weighted by atomic mass is 10.2. The first-order chi connectivity index (χ1) is 24.5. The molecule has 2 aliphatic rings. The lowest BCUT2D eigenvalue weighted by Crippen LogP contribution is -2.46. The molecule has 2 saturated heterocycles. The monoisotopic (exact) mass is 693 g/mol. The molecule has 8 rings (SSSR count). The topological polar surface area (TPSA) is 118 Å². The van der Waals surface area contributed by atoms with E-state index in [1.54, 1.807) is 44.1 Å². The number of ether oxygens (including phenoxy) is 3. The van der Waals surface area contributed by atoms with Crippen molar-refractivity contribution < 1.29 is 14.2 Å². The maximum atomic E-state index is 12.8. The third-order valence-electron chi connectivity index (χ3n) is 9.41. The van der Waals surface area contributed by atoms with E-state index in [-0.39, 0.29) is 24.4 Å². The summed E-state index contributed by atoms with van der Waals surface area (Å²) in [5, 5.41) is 13.6. The lowest BCUT2D eigenvalue weighted by molar-refractivity contribution is -0.192. The van der Waals surface area contributed by atoms with Gasteiger partial charge in [-0.2, -0.15) is 20.1 Å². The molecule has 5 heterocycles. The van der Waals surface area contributed by atoms with Crippen molar-refractivity contribution in [3.8, 4) is 11.4 Å². The van der Waals surface area contributed by atoms with Crippen LogP contribution in [0.3, 0.4) is 0 Å². The van der Waals surface area contributed by atoms with E-state index in [1.165, 1.54) is 0 Å². The van der Waals surface area contributed by atoms with Crippen molar-refractivity contribution in [2.75, 3.05) is 49.2 Å². The zero-order chi connectivity index (χ0) is 34.1. The maximum absolute atomic E-state index is 12.8. The second-order valence-corrected chi connectivity index (χ2v) is 13.7. The van der Waals surface area contributed by atoms with Crippen LogP contribution in [-0.2, 0) is 21.8 Å². The Morgan fingerprint density at radius 3 is 2.24 bits per heavy atom. The number of nitrogens with zero attached hydrogens (tertiary/aromatic N) is 9. The van der Waals surface area contributed by atoms with E-state index in [9.17, 15) is 4.79 Å². The maximum Gasteiger partial charge on any atom is 0.350 e. The van der Waals surface area contributed by atoms with Gasteiger partial charge in [-0.1, -0.05) is 19.1 Å². The number of piperazine rings is 1. The summed E-state index contributed by atoms with van der Waals surface area (Å²) >= 11 is 1.56. The summed E-state index contributed by atoms with van der Waals surface area (Å²) < 4.78 is 23.3. The Labute approximate surface area is 293 Å². The van der Waals surface area contributed by atoms with E-state index in [2.05, 4.69) is 56.3 Å². The van der Waals surface area contributed by atoms with Crippen LogP contribution in [0.4, 0.5) is 11.4 Å². The Bertz CT molecular complexity index is 2050. The van der Waals surface area contributed by atoms with Gasteiger partial charge < -0.3 is 24.0 Å². The van der Waals surface area contributed by atoms with Crippen LogP contribution in [-0.4, -0.2) is 79.8 Å². The van der Waals surface area contributed by atoms with E-state index in [1.807, 2.05) is 55.5 Å². The first-order valence-electron chi connectivity index (χ1n) is 17.0. The Balaban J connectivity index is 0.855. The Morgan fingerprint density at radius 1 is 0.900 bits per heavy atom. The number of benzene rings is 3. The summed E-state index contributed by atoms with van der Waals surface area (Å²) in [6.45, 7) is 8.64. The molecule has 0 amide bonds. The Morgan fingerprint density at radius 2 is 1.56 bits per heavy atom. The highest BCUT2D eigenvalue weighted by atomic mass is 32.1. The molecule has 13 nitrogen and oxygen atoms in total. The second kappa shape index (κ2) is 13.7. The largest absolute Gasteiger partial charge is 0.491 e. The minimum Gasteiger partial charge on any atom is -0.491 e. The third kappa shape index (κ3) is 6.37. The van der Waals surface area contributed by atoms with Crippen molar-refractivity contribution in [1.29, 1.82) is 0 Å². The van der Waals surface area contributed by atoms with Gasteiger partial charge in [0.25, 0.3) is 0 Å². The van der Waals surface area contributed by atoms with Gasteiger partial charge in [0.05, 0.1) is 40.9 Å². The van der Waals surface area contributed by atoms with E-state index >= 15 is 0 Å². The van der Waals surface area contributed by atoms with Gasteiger partial charge in [0.2, 0.25) is 5.79 Å². The predicted octanol–water partition coefficient (Wildman–Crippen LogP) is 4.88. The van der Waals surface area contributed by atoms with Crippen LogP contribution in [0.5, 0.6) is 5.75 Å². The van der Waals surface area contributed by atoms with Crippen molar-refractivity contribution in [3.05, 3.63) is 107 Å². The molecule has 0 spiro atoms. The van der Waals surface area contributed by atoms with Gasteiger partial charge >= 0.3 is 5.69 Å². The highest BCUT2D eigenvalue weighted by Crippen LogP contribution is 2.40. The summed E-state index contributed by atoms with van der Waals surface area (Å²) in [7, 11) is 0. The highest BCUT2D eigenvalue weighted by Gasteiger charge is 2.47. The van der Waals surface area contributed by atoms with Crippen molar-refractivity contribution in [2.45, 2.75) is 44.7 Å². The van der Waals surface area contributed by atoms with Gasteiger partial charge in [-0.15, -0.1) is 11.3 Å². The number of para-hydroxylation sites is 1. The average Bonchev–Trinajstić information content (AvgIpc) is 3.99. The second-order valence-electron chi connectivity index (χ2n) is 12.6. The van der Waals surface area contributed by atoms with Gasteiger partial charge in [0, 0.05) is 37.6 Å². The summed E-state index contributed by atoms with van der Waals surface area (Å²) in [6, 6.07) is 24.5. The van der Waals surface area contributed by atoms with Gasteiger partial charge in [-0.25, -0.2) is 19.0 Å². The molecule has 3 unspecified atom stereocenters. The van der Waals surface area contributed by atoms with E-state index in [0.29, 0.717) is 13.2 Å². The highest BCUT2D eigenvalue weighted by molar-refractivity contribution is 7.18. The zero-order valence-corrected chi connectivity index (χ0v) is 28.9. The minimum absolute atomic E-state index is 0.0687. The molecule has 0 saturated carbocycles. The number of rotatable bonds is 11. The first-order valence-corrected chi connectivity index (χ1v) is 17.8. The molecule has 0 N–H and O–H groups in total. The molecular weight excluding hydrogens is 655 g/mol. The molecule has 0 aliphatic carbocycles. The smallest absolute Gasteiger partial charge is 0.350 e. The van der Waals surface area contributed by atoms with Crippen LogP contribution in [0.2, 0.25) is 0 Å². The van der Waals surface area contributed by atoms with Crippen molar-refractivity contribution in [3.63, 3.8) is 0 Å². The Hall–Kier alpha value is -5.05. The summed E-state index contributed by atoms with van der Waals surface area (Å²) in [4.78, 5) is 24.0. The number of fused-ring (bicyclic) bond motifs is 1. The minimum atomic E-state index is -1.10. The van der Waals surface area contributed by atoms with Crippen molar-refractivity contribution in [2.24, 2.45) is 0 Å². The molecule has 2 fully saturated rings. The Kier molecular flexibility index (Phi) is 8.81. The molecule has 14 heteroatoms. The van der Waals surface area contributed by atoms with Crippen molar-refractivity contribution in [1.82, 2.24) is 34.3 Å². The normalized spacial score (nSPS) is 20.1. The van der Waals surface area contributed by atoms with Crippen LogP contribution < -0.4 is 20.2 Å². The molecule has 0 bridgehead atoms. The van der Waals surface area contributed by atoms with E-state index in [4.69, 9.17) is 19.2 Å². The van der Waals surface area contributed by atoms with Crippen LogP contribution >= 0.6 is 11.3 Å². The van der Waals surface area contributed by atoms with Crippen LogP contribution in [0.25, 0.3) is 15.9 Å². The quantitative estimate of drug-likeness (QED) is 0.186. The fourth-order valence-electron chi connectivity index (χ4n) is 6.41. The fourth-order valence-corrected chi connectivity index (χ4v) is 7.46. The number of hydrogen-bond donors (Lipinski definition) is 0. The molecule has 3 aromatic heterocycles. The molecule has 6 aromatic rings. The lowest BCUT2D eigenvalue weighted by Gasteiger charge is -2.37. The molecule has 0 radical (unpaired) electrons. The molecule has 258 valence electrons. The molecule has 2 aliphatic heterocycles. The van der Waals surface area contributed by atoms with E-state index < -0.39 is 5.79 Å². The van der Waals surface area contributed by atoms with Crippen LogP contribution in [0.15, 0.2) is 96.3 Å². The van der Waals surface area contributed by atoms with Gasteiger partial charge in [0.15, 0.2) is 5.01 Å². The molecular formula is C36H39N9O4S. The summed E-state index contributed by atoms with van der Waals surface area (Å²) in [6.07, 6.45) is 5.45. The third-order valence-corrected chi connectivity index (χ3v) is 10.6. The van der Waals surface area contributed by atoms with Gasteiger partial charge in [-0.3, -0.25) is 0 Å². The molecule has 3 aromatic carbocycles. The molecule has 50 heavy (non-hydrogen) atoms. The van der Waals surface area contributed by atoms with Crippen LogP contribution in [0, 0.1) is 0 Å². The van der Waals surface area contributed by atoms with E-state index in [0.717, 1.165) is 70.6 Å². The first kappa shape index (κ1) is 32.2. The van der Waals surface area contributed by atoms with Gasteiger partial charge in [-0.05, 0) is 74.0 Å². The zero-order valence-electron chi connectivity index (χ0n) is 28.0. The standard InChI is InChI=1S/C36H39N9O4S/c1-3-26(2)45-35(46)43(25-39-45)29-10-8-27(9-11-29)41-18-20-42(21-19-41)28-12-14-30(15-13-28)47-22-31-23-48-36(49-31,24-44-37-16-17-38-44)34-40-32-6-4-5-7-33(32)50-34/h4-17,25-26,31H,3,18-24H2,1-2H3. The summed E-state index contributed by atoms with van der Waals surface area (Å²) in [5.74, 6) is -0.321.